The number of hydrogen-bond donors (Lipinski definition) is 0. The van der Waals surface area contributed by atoms with Crippen LogP contribution in [-0.2, 0) is 6.54 Å². The van der Waals surface area contributed by atoms with Crippen LogP contribution < -0.4 is 4.74 Å². The lowest BCUT2D eigenvalue weighted by Gasteiger charge is -2.19. The van der Waals surface area contributed by atoms with Gasteiger partial charge in [-0.15, -0.1) is 0 Å². The molecule has 1 aromatic rings. The predicted octanol–water partition coefficient (Wildman–Crippen LogP) is 1.69. The summed E-state index contributed by atoms with van der Waals surface area (Å²) in [5, 5.41) is 0. The van der Waals surface area contributed by atoms with Crippen LogP contribution in [0.25, 0.3) is 0 Å². The summed E-state index contributed by atoms with van der Waals surface area (Å²) in [6, 6.07) is 8.23. The topological polar surface area (TPSA) is 15.7 Å². The lowest BCUT2D eigenvalue weighted by molar-refractivity contribution is 0.276. The van der Waals surface area contributed by atoms with Crippen molar-refractivity contribution in [2.45, 2.75) is 6.54 Å². The molecule has 0 aromatic heterocycles. The normalized spacial score (nSPS) is 11.1. The van der Waals surface area contributed by atoms with E-state index in [1.165, 1.54) is 5.56 Å². The third-order valence-corrected chi connectivity index (χ3v) is 2.52. The fourth-order valence-corrected chi connectivity index (χ4v) is 1.53. The Balaban J connectivity index is 2.45. The third kappa shape index (κ3) is 4.64. The maximum absolute atomic E-state index is 5.21. The van der Waals surface area contributed by atoms with E-state index in [1.807, 2.05) is 12.1 Å². The van der Waals surface area contributed by atoms with E-state index in [1.54, 1.807) is 7.11 Å². The number of nitrogens with zero attached hydrogens (tertiary/aromatic N) is 2. The zero-order valence-electron chi connectivity index (χ0n) is 10.7. The van der Waals surface area contributed by atoms with Gasteiger partial charge in [0.05, 0.1) is 7.11 Å². The second kappa shape index (κ2) is 6.51. The van der Waals surface area contributed by atoms with Gasteiger partial charge in [0.15, 0.2) is 0 Å². The smallest absolute Gasteiger partial charge is 0.119 e. The molecule has 0 aliphatic rings. The molecule has 0 fully saturated rings. The first-order valence-corrected chi connectivity index (χ1v) is 5.58. The average molecular weight is 222 g/mol. The number of benzene rings is 1. The largest absolute Gasteiger partial charge is 0.497 e. The van der Waals surface area contributed by atoms with Crippen molar-refractivity contribution in [3.8, 4) is 5.75 Å². The van der Waals surface area contributed by atoms with Crippen molar-refractivity contribution >= 4 is 0 Å². The maximum atomic E-state index is 5.21. The van der Waals surface area contributed by atoms with Gasteiger partial charge >= 0.3 is 0 Å². The summed E-state index contributed by atoms with van der Waals surface area (Å²) in [5.74, 6) is 0.929. The van der Waals surface area contributed by atoms with Crippen LogP contribution in [0.5, 0.6) is 5.75 Å². The molecular weight excluding hydrogens is 200 g/mol. The molecule has 0 heterocycles. The van der Waals surface area contributed by atoms with E-state index < -0.39 is 0 Å². The molecule has 0 atom stereocenters. The summed E-state index contributed by atoms with van der Waals surface area (Å²) in [5.41, 5.74) is 1.29. The fourth-order valence-electron chi connectivity index (χ4n) is 1.53. The van der Waals surface area contributed by atoms with Gasteiger partial charge in [-0.1, -0.05) is 12.1 Å². The molecule has 0 saturated carbocycles. The Bertz CT molecular complexity index is 313. The molecule has 1 aromatic carbocycles. The maximum Gasteiger partial charge on any atom is 0.119 e. The molecule has 3 heteroatoms. The minimum atomic E-state index is 0.929. The fraction of sp³-hybridized carbons (Fsp3) is 0.538. The Labute approximate surface area is 98.6 Å². The van der Waals surface area contributed by atoms with Crippen molar-refractivity contribution < 1.29 is 4.74 Å². The molecule has 1 rings (SSSR count). The molecule has 0 N–H and O–H groups in total. The Hall–Kier alpha value is -1.06. The minimum absolute atomic E-state index is 0.929. The zero-order valence-corrected chi connectivity index (χ0v) is 10.7. The molecule has 0 aliphatic carbocycles. The quantitative estimate of drug-likeness (QED) is 0.728. The van der Waals surface area contributed by atoms with E-state index in [0.717, 1.165) is 25.4 Å². The molecule has 0 aliphatic heterocycles. The van der Waals surface area contributed by atoms with Crippen LogP contribution in [0.3, 0.4) is 0 Å². The SMILES string of the molecule is COc1cccc(CN(C)CCN(C)C)c1. The molecule has 3 nitrogen and oxygen atoms in total. The highest BCUT2D eigenvalue weighted by molar-refractivity contribution is 5.28. The Morgan fingerprint density at radius 3 is 2.50 bits per heavy atom. The van der Waals surface area contributed by atoms with Crippen molar-refractivity contribution in [2.24, 2.45) is 0 Å². The van der Waals surface area contributed by atoms with Crippen LogP contribution in [0.4, 0.5) is 0 Å². The number of methoxy groups -OCH3 is 1. The van der Waals surface area contributed by atoms with Crippen LogP contribution in [0.1, 0.15) is 5.56 Å². The van der Waals surface area contributed by atoms with E-state index >= 15 is 0 Å². The van der Waals surface area contributed by atoms with Gasteiger partial charge in [-0.3, -0.25) is 0 Å². The van der Waals surface area contributed by atoms with Crippen LogP contribution >= 0.6 is 0 Å². The lowest BCUT2D eigenvalue weighted by Crippen LogP contribution is -2.28. The summed E-state index contributed by atoms with van der Waals surface area (Å²) >= 11 is 0. The molecular formula is C13H22N2O. The van der Waals surface area contributed by atoms with Crippen LogP contribution in [0.2, 0.25) is 0 Å². The van der Waals surface area contributed by atoms with E-state index in [2.05, 4.69) is 43.1 Å². The number of rotatable bonds is 6. The molecule has 0 unspecified atom stereocenters. The summed E-state index contributed by atoms with van der Waals surface area (Å²) in [6.45, 7) is 3.12. The Morgan fingerprint density at radius 1 is 1.12 bits per heavy atom. The first-order valence-electron chi connectivity index (χ1n) is 5.58. The third-order valence-electron chi connectivity index (χ3n) is 2.52. The Morgan fingerprint density at radius 2 is 1.88 bits per heavy atom. The minimum Gasteiger partial charge on any atom is -0.497 e. The first-order chi connectivity index (χ1) is 7.61. The zero-order chi connectivity index (χ0) is 12.0. The number of likely N-dealkylation sites (N-methyl/N-ethyl adjacent to an activating group) is 2. The van der Waals surface area contributed by atoms with E-state index in [0.29, 0.717) is 0 Å². The molecule has 0 spiro atoms. The molecule has 0 saturated heterocycles. The summed E-state index contributed by atoms with van der Waals surface area (Å²) in [7, 11) is 8.04. The summed E-state index contributed by atoms with van der Waals surface area (Å²) in [4.78, 5) is 4.51. The van der Waals surface area contributed by atoms with Crippen molar-refractivity contribution in [1.82, 2.24) is 9.80 Å². The highest BCUT2D eigenvalue weighted by Gasteiger charge is 2.02. The molecule has 0 amide bonds. The molecule has 0 bridgehead atoms. The molecule has 0 radical (unpaired) electrons. The second-order valence-corrected chi connectivity index (χ2v) is 4.39. The van der Waals surface area contributed by atoms with Gasteiger partial charge in [-0.05, 0) is 38.8 Å². The number of ether oxygens (including phenoxy) is 1. The summed E-state index contributed by atoms with van der Waals surface area (Å²) in [6.07, 6.45) is 0. The van der Waals surface area contributed by atoms with Crippen molar-refractivity contribution in [3.05, 3.63) is 29.8 Å². The summed E-state index contributed by atoms with van der Waals surface area (Å²) < 4.78 is 5.21. The standard InChI is InChI=1S/C13H22N2O/c1-14(2)8-9-15(3)11-12-6-5-7-13(10-12)16-4/h5-7,10H,8-9,11H2,1-4H3. The van der Waals surface area contributed by atoms with E-state index in [9.17, 15) is 0 Å². The lowest BCUT2D eigenvalue weighted by atomic mass is 10.2. The second-order valence-electron chi connectivity index (χ2n) is 4.39. The highest BCUT2D eigenvalue weighted by Crippen LogP contribution is 2.13. The highest BCUT2D eigenvalue weighted by atomic mass is 16.5. The number of hydrogen-bond acceptors (Lipinski definition) is 3. The van der Waals surface area contributed by atoms with Gasteiger partial charge in [0.1, 0.15) is 5.75 Å². The molecule has 90 valence electrons. The van der Waals surface area contributed by atoms with Crippen molar-refractivity contribution in [1.29, 1.82) is 0 Å². The Kier molecular flexibility index (Phi) is 5.29. The molecule has 16 heavy (non-hydrogen) atoms. The van der Waals surface area contributed by atoms with Gasteiger partial charge in [-0.2, -0.15) is 0 Å². The van der Waals surface area contributed by atoms with Crippen molar-refractivity contribution in [2.75, 3.05) is 41.3 Å². The van der Waals surface area contributed by atoms with Crippen molar-refractivity contribution in [3.63, 3.8) is 0 Å². The van der Waals surface area contributed by atoms with Crippen LogP contribution in [-0.4, -0.2) is 51.1 Å². The average Bonchev–Trinajstić information content (AvgIpc) is 2.26. The van der Waals surface area contributed by atoms with Gasteiger partial charge in [0.2, 0.25) is 0 Å². The monoisotopic (exact) mass is 222 g/mol. The van der Waals surface area contributed by atoms with Gasteiger partial charge in [-0.25, -0.2) is 0 Å². The van der Waals surface area contributed by atoms with E-state index in [4.69, 9.17) is 4.74 Å². The van der Waals surface area contributed by atoms with Crippen LogP contribution in [0, 0.1) is 0 Å². The van der Waals surface area contributed by atoms with Crippen LogP contribution in [0.15, 0.2) is 24.3 Å². The van der Waals surface area contributed by atoms with Gasteiger partial charge in [0, 0.05) is 19.6 Å². The predicted molar refractivity (Wildman–Crippen MR) is 67.9 cm³/mol. The first kappa shape index (κ1) is 13.0. The van der Waals surface area contributed by atoms with Gasteiger partial charge < -0.3 is 14.5 Å². The van der Waals surface area contributed by atoms with E-state index in [-0.39, 0.29) is 0 Å². The van der Waals surface area contributed by atoms with Gasteiger partial charge in [0.25, 0.3) is 0 Å².